The molecule has 0 saturated heterocycles. The molecular formula is C11H16ClN3O2. The third-order valence-electron chi connectivity index (χ3n) is 2.86. The molecule has 94 valence electrons. The second-order valence-corrected chi connectivity index (χ2v) is 4.49. The number of nitrogens with one attached hydrogen (secondary N) is 2. The summed E-state index contributed by atoms with van der Waals surface area (Å²) in [7, 11) is 0. The van der Waals surface area contributed by atoms with Crippen LogP contribution in [0.2, 0.25) is 0 Å². The fourth-order valence-electron chi connectivity index (χ4n) is 1.98. The van der Waals surface area contributed by atoms with Crippen molar-refractivity contribution in [1.29, 1.82) is 0 Å². The lowest BCUT2D eigenvalue weighted by Crippen LogP contribution is -2.40. The first-order chi connectivity index (χ1) is 8.28. The number of nitrogens with zero attached hydrogens (tertiary/aromatic N) is 1. The molecule has 1 aromatic heterocycles. The normalized spacial score (nSPS) is 16.1. The first-order valence-electron chi connectivity index (χ1n) is 5.82. The molecule has 1 saturated carbocycles. The standard InChI is InChI=1S/C11H16ClN3O2/c12-6-9-5-10(17-15-9)7-13-11(16)14-8-3-1-2-4-8/h5,8H,1-4,6-7H2,(H2,13,14,16). The number of alkyl halides is 1. The topological polar surface area (TPSA) is 67.2 Å². The molecule has 17 heavy (non-hydrogen) atoms. The number of carbonyl (C=O) groups excluding carboxylic acids is 1. The van der Waals surface area contributed by atoms with Gasteiger partial charge in [0.2, 0.25) is 0 Å². The third kappa shape index (κ3) is 3.63. The Morgan fingerprint density at radius 2 is 2.29 bits per heavy atom. The van der Waals surface area contributed by atoms with Crippen molar-refractivity contribution in [3.63, 3.8) is 0 Å². The molecule has 0 radical (unpaired) electrons. The number of hydrogen-bond acceptors (Lipinski definition) is 3. The van der Waals surface area contributed by atoms with Crippen LogP contribution < -0.4 is 10.6 Å². The minimum atomic E-state index is -0.152. The summed E-state index contributed by atoms with van der Waals surface area (Å²) in [6.07, 6.45) is 4.55. The first-order valence-corrected chi connectivity index (χ1v) is 6.36. The van der Waals surface area contributed by atoms with Crippen molar-refractivity contribution in [2.75, 3.05) is 0 Å². The highest BCUT2D eigenvalue weighted by Crippen LogP contribution is 2.17. The summed E-state index contributed by atoms with van der Waals surface area (Å²) in [5.41, 5.74) is 0.680. The van der Waals surface area contributed by atoms with Crippen molar-refractivity contribution < 1.29 is 9.32 Å². The highest BCUT2D eigenvalue weighted by atomic mass is 35.5. The Hall–Kier alpha value is -1.23. The summed E-state index contributed by atoms with van der Waals surface area (Å²) in [5, 5.41) is 9.41. The molecule has 1 aromatic rings. The lowest BCUT2D eigenvalue weighted by molar-refractivity contribution is 0.235. The summed E-state index contributed by atoms with van der Waals surface area (Å²) in [5.74, 6) is 0.930. The Morgan fingerprint density at radius 3 is 2.94 bits per heavy atom. The van der Waals surface area contributed by atoms with Gasteiger partial charge in [-0.3, -0.25) is 0 Å². The van der Waals surface area contributed by atoms with E-state index in [9.17, 15) is 4.79 Å². The van der Waals surface area contributed by atoms with Crippen LogP contribution in [0.5, 0.6) is 0 Å². The van der Waals surface area contributed by atoms with Gasteiger partial charge in [-0.15, -0.1) is 11.6 Å². The van der Waals surface area contributed by atoms with Gasteiger partial charge in [0.1, 0.15) is 0 Å². The van der Waals surface area contributed by atoms with Crippen LogP contribution in [0.4, 0.5) is 4.79 Å². The average Bonchev–Trinajstić information content (AvgIpc) is 2.96. The molecule has 0 spiro atoms. The predicted molar refractivity (Wildman–Crippen MR) is 63.7 cm³/mol. The van der Waals surface area contributed by atoms with Crippen molar-refractivity contribution >= 4 is 17.6 Å². The Morgan fingerprint density at radius 1 is 1.53 bits per heavy atom. The second-order valence-electron chi connectivity index (χ2n) is 4.23. The maximum atomic E-state index is 11.5. The van der Waals surface area contributed by atoms with Crippen LogP contribution in [0.15, 0.2) is 10.6 Å². The fraction of sp³-hybridized carbons (Fsp3) is 0.636. The number of hydrogen-bond donors (Lipinski definition) is 2. The molecule has 2 rings (SSSR count). The predicted octanol–water partition coefficient (Wildman–Crippen LogP) is 2.16. The van der Waals surface area contributed by atoms with Gasteiger partial charge in [0.05, 0.1) is 18.1 Å². The molecule has 2 amide bonds. The van der Waals surface area contributed by atoms with Crippen LogP contribution in [0.1, 0.15) is 37.1 Å². The maximum absolute atomic E-state index is 11.5. The van der Waals surface area contributed by atoms with Gasteiger partial charge in [-0.25, -0.2) is 4.79 Å². The zero-order valence-corrected chi connectivity index (χ0v) is 10.3. The zero-order chi connectivity index (χ0) is 12.1. The zero-order valence-electron chi connectivity index (χ0n) is 9.54. The summed E-state index contributed by atoms with van der Waals surface area (Å²) in [4.78, 5) is 11.5. The Labute approximate surface area is 105 Å². The van der Waals surface area contributed by atoms with Gasteiger partial charge in [-0.1, -0.05) is 18.0 Å². The summed E-state index contributed by atoms with van der Waals surface area (Å²) in [6.45, 7) is 0.336. The largest absolute Gasteiger partial charge is 0.359 e. The molecule has 1 fully saturated rings. The number of urea groups is 1. The number of halogens is 1. The van der Waals surface area contributed by atoms with E-state index in [-0.39, 0.29) is 6.03 Å². The molecule has 1 aliphatic carbocycles. The third-order valence-corrected chi connectivity index (χ3v) is 3.13. The molecule has 0 unspecified atom stereocenters. The van der Waals surface area contributed by atoms with E-state index in [4.69, 9.17) is 16.1 Å². The van der Waals surface area contributed by atoms with Crippen LogP contribution >= 0.6 is 11.6 Å². The lowest BCUT2D eigenvalue weighted by atomic mass is 10.2. The van der Waals surface area contributed by atoms with Gasteiger partial charge in [0.25, 0.3) is 0 Å². The SMILES string of the molecule is O=C(NCc1cc(CCl)no1)NC1CCCC1. The van der Waals surface area contributed by atoms with Gasteiger partial charge in [0.15, 0.2) is 5.76 Å². The second kappa shape index (κ2) is 5.91. The number of rotatable bonds is 4. The molecule has 0 atom stereocenters. The van der Waals surface area contributed by atoms with Crippen LogP contribution in [0, 0.1) is 0 Å². The van der Waals surface area contributed by atoms with E-state index in [1.807, 2.05) is 0 Å². The van der Waals surface area contributed by atoms with Crippen LogP contribution in [0.3, 0.4) is 0 Å². The molecule has 1 heterocycles. The van der Waals surface area contributed by atoms with E-state index >= 15 is 0 Å². The van der Waals surface area contributed by atoms with Gasteiger partial charge in [-0.05, 0) is 12.8 Å². The lowest BCUT2D eigenvalue weighted by Gasteiger charge is -2.11. The van der Waals surface area contributed by atoms with Gasteiger partial charge >= 0.3 is 6.03 Å². The molecule has 5 nitrogen and oxygen atoms in total. The quantitative estimate of drug-likeness (QED) is 0.813. The smallest absolute Gasteiger partial charge is 0.315 e. The number of carbonyl (C=O) groups is 1. The van der Waals surface area contributed by atoms with Crippen LogP contribution in [0.25, 0.3) is 0 Å². The van der Waals surface area contributed by atoms with E-state index in [1.165, 1.54) is 12.8 Å². The number of aromatic nitrogens is 1. The molecule has 1 aliphatic rings. The van der Waals surface area contributed by atoms with Crippen molar-refractivity contribution in [2.24, 2.45) is 0 Å². The monoisotopic (exact) mass is 257 g/mol. The summed E-state index contributed by atoms with van der Waals surface area (Å²) >= 11 is 5.59. The Bertz CT molecular complexity index is 375. The van der Waals surface area contributed by atoms with Crippen LogP contribution in [-0.4, -0.2) is 17.2 Å². The molecule has 6 heteroatoms. The van der Waals surface area contributed by atoms with E-state index in [0.29, 0.717) is 29.9 Å². The van der Waals surface area contributed by atoms with Gasteiger partial charge in [-0.2, -0.15) is 0 Å². The van der Waals surface area contributed by atoms with Gasteiger partial charge in [0, 0.05) is 12.1 Å². The van der Waals surface area contributed by atoms with Crippen molar-refractivity contribution in [2.45, 2.75) is 44.1 Å². The minimum absolute atomic E-state index is 0.152. The maximum Gasteiger partial charge on any atom is 0.315 e. The van der Waals surface area contributed by atoms with E-state index < -0.39 is 0 Å². The molecule has 2 N–H and O–H groups in total. The molecule has 0 aromatic carbocycles. The fourth-order valence-corrected chi connectivity index (χ4v) is 2.10. The molecule has 0 aliphatic heterocycles. The van der Waals surface area contributed by atoms with E-state index in [2.05, 4.69) is 15.8 Å². The minimum Gasteiger partial charge on any atom is -0.359 e. The molecular weight excluding hydrogens is 242 g/mol. The molecule has 0 bridgehead atoms. The first kappa shape index (κ1) is 12.2. The van der Waals surface area contributed by atoms with Crippen molar-refractivity contribution in [1.82, 2.24) is 15.8 Å². The highest BCUT2D eigenvalue weighted by molar-refractivity contribution is 6.16. The van der Waals surface area contributed by atoms with Crippen LogP contribution in [-0.2, 0) is 12.4 Å². The summed E-state index contributed by atoms with van der Waals surface area (Å²) in [6, 6.07) is 1.91. The Balaban J connectivity index is 1.71. The van der Waals surface area contributed by atoms with E-state index in [1.54, 1.807) is 6.07 Å². The number of amides is 2. The average molecular weight is 258 g/mol. The van der Waals surface area contributed by atoms with Crippen molar-refractivity contribution in [3.05, 3.63) is 17.5 Å². The Kier molecular flexibility index (Phi) is 4.25. The van der Waals surface area contributed by atoms with Gasteiger partial charge < -0.3 is 15.2 Å². The van der Waals surface area contributed by atoms with E-state index in [0.717, 1.165) is 12.8 Å². The highest BCUT2D eigenvalue weighted by Gasteiger charge is 2.16. The van der Waals surface area contributed by atoms with Crippen molar-refractivity contribution in [3.8, 4) is 0 Å². The summed E-state index contributed by atoms with van der Waals surface area (Å²) < 4.78 is 5.00.